The average Bonchev–Trinajstić information content (AvgIpc) is 3.22. The number of nitrogens with one attached hydrogen (secondary N) is 1. The molecule has 22 heavy (non-hydrogen) atoms. The molecule has 2 aromatic rings. The van der Waals surface area contributed by atoms with Crippen LogP contribution >= 0.6 is 11.3 Å². The molecular weight excluding hydrogens is 308 g/mol. The first kappa shape index (κ1) is 15.1. The summed E-state index contributed by atoms with van der Waals surface area (Å²) in [6, 6.07) is 6.68. The summed E-state index contributed by atoms with van der Waals surface area (Å²) < 4.78 is 26.1. The van der Waals surface area contributed by atoms with Gasteiger partial charge in [-0.25, -0.2) is 8.78 Å². The minimum absolute atomic E-state index is 0.0308. The maximum Gasteiger partial charge on any atom is 0.251 e. The number of aliphatic hydroxyl groups is 1. The Kier molecular flexibility index (Phi) is 3.97. The van der Waals surface area contributed by atoms with E-state index >= 15 is 0 Å². The van der Waals surface area contributed by atoms with E-state index in [2.05, 4.69) is 5.32 Å². The Morgan fingerprint density at radius 3 is 2.68 bits per heavy atom. The van der Waals surface area contributed by atoms with Crippen LogP contribution in [0.15, 0.2) is 35.7 Å². The largest absolute Gasteiger partial charge is 0.382 e. The minimum Gasteiger partial charge on any atom is -0.382 e. The molecule has 0 bridgehead atoms. The monoisotopic (exact) mass is 323 g/mol. The highest BCUT2D eigenvalue weighted by Crippen LogP contribution is 2.46. The molecule has 1 amide bonds. The van der Waals surface area contributed by atoms with Gasteiger partial charge in [-0.1, -0.05) is 6.07 Å². The second-order valence-electron chi connectivity index (χ2n) is 5.49. The molecule has 3 rings (SSSR count). The van der Waals surface area contributed by atoms with Gasteiger partial charge < -0.3 is 10.4 Å². The van der Waals surface area contributed by atoms with Gasteiger partial charge in [0.05, 0.1) is 6.54 Å². The lowest BCUT2D eigenvalue weighted by Crippen LogP contribution is -2.42. The molecule has 0 saturated heterocycles. The van der Waals surface area contributed by atoms with Crippen LogP contribution in [0.3, 0.4) is 0 Å². The van der Waals surface area contributed by atoms with Crippen molar-refractivity contribution < 1.29 is 18.7 Å². The second-order valence-corrected chi connectivity index (χ2v) is 6.44. The summed E-state index contributed by atoms with van der Waals surface area (Å²) in [6.45, 7) is 0.0516. The van der Waals surface area contributed by atoms with Crippen molar-refractivity contribution in [3.05, 3.63) is 57.8 Å². The van der Waals surface area contributed by atoms with E-state index in [4.69, 9.17) is 0 Å². The first-order valence-electron chi connectivity index (χ1n) is 7.00. The van der Waals surface area contributed by atoms with Crippen molar-refractivity contribution in [1.29, 1.82) is 0 Å². The number of amides is 1. The van der Waals surface area contributed by atoms with E-state index in [-0.39, 0.29) is 18.0 Å². The summed E-state index contributed by atoms with van der Waals surface area (Å²) in [5.41, 5.74) is -1.06. The first-order valence-corrected chi connectivity index (χ1v) is 7.88. The van der Waals surface area contributed by atoms with Gasteiger partial charge in [-0.3, -0.25) is 4.79 Å². The number of benzene rings is 1. The van der Waals surface area contributed by atoms with Crippen molar-refractivity contribution >= 4 is 17.2 Å². The molecule has 1 atom stereocenters. The molecule has 1 aliphatic rings. The number of rotatable bonds is 5. The molecule has 6 heteroatoms. The van der Waals surface area contributed by atoms with Gasteiger partial charge >= 0.3 is 0 Å². The van der Waals surface area contributed by atoms with Crippen LogP contribution < -0.4 is 5.32 Å². The Hall–Kier alpha value is -1.79. The van der Waals surface area contributed by atoms with Gasteiger partial charge in [-0.2, -0.15) is 0 Å². The molecule has 1 saturated carbocycles. The highest BCUT2D eigenvalue weighted by molar-refractivity contribution is 7.10. The van der Waals surface area contributed by atoms with Gasteiger partial charge in [-0.15, -0.1) is 11.3 Å². The summed E-state index contributed by atoms with van der Waals surface area (Å²) in [6.07, 6.45) is 1.82. The minimum atomic E-state index is -1.09. The van der Waals surface area contributed by atoms with E-state index in [0.29, 0.717) is 0 Å². The molecule has 2 N–H and O–H groups in total. The highest BCUT2D eigenvalue weighted by Gasteiger charge is 2.45. The fourth-order valence-corrected chi connectivity index (χ4v) is 3.38. The summed E-state index contributed by atoms with van der Waals surface area (Å²) >= 11 is 1.44. The van der Waals surface area contributed by atoms with Crippen molar-refractivity contribution in [3.8, 4) is 0 Å². The van der Waals surface area contributed by atoms with E-state index in [9.17, 15) is 18.7 Å². The summed E-state index contributed by atoms with van der Waals surface area (Å²) in [4.78, 5) is 12.9. The molecule has 116 valence electrons. The maximum atomic E-state index is 13.2. The summed E-state index contributed by atoms with van der Waals surface area (Å²) in [5.74, 6) is -2.47. The van der Waals surface area contributed by atoms with Crippen LogP contribution in [0.2, 0.25) is 0 Å². The number of carbonyl (C=O) groups is 1. The third-order valence-electron chi connectivity index (χ3n) is 3.90. The highest BCUT2D eigenvalue weighted by atomic mass is 32.1. The van der Waals surface area contributed by atoms with Gasteiger partial charge in [0.15, 0.2) is 11.6 Å². The third kappa shape index (κ3) is 2.89. The Bertz CT molecular complexity index is 685. The number of halogens is 2. The molecule has 1 heterocycles. The van der Waals surface area contributed by atoms with Crippen LogP contribution in [-0.4, -0.2) is 17.6 Å². The molecular formula is C16H15F2NO2S. The fraction of sp³-hybridized carbons (Fsp3) is 0.312. The Morgan fingerprint density at radius 1 is 1.32 bits per heavy atom. The van der Waals surface area contributed by atoms with Crippen molar-refractivity contribution in [2.75, 3.05) is 6.54 Å². The van der Waals surface area contributed by atoms with Gasteiger partial charge in [0.25, 0.3) is 5.91 Å². The lowest BCUT2D eigenvalue weighted by Gasteiger charge is -2.27. The van der Waals surface area contributed by atoms with Crippen molar-refractivity contribution in [2.45, 2.75) is 18.4 Å². The molecule has 3 nitrogen and oxygen atoms in total. The van der Waals surface area contributed by atoms with Gasteiger partial charge in [-0.05, 0) is 48.4 Å². The zero-order valence-corrected chi connectivity index (χ0v) is 12.5. The Morgan fingerprint density at radius 2 is 2.09 bits per heavy atom. The van der Waals surface area contributed by atoms with E-state index in [1.165, 1.54) is 17.4 Å². The lowest BCUT2D eigenvalue weighted by molar-refractivity contribution is 0.0169. The first-order chi connectivity index (χ1) is 10.5. The number of hydrogen-bond donors (Lipinski definition) is 2. The summed E-state index contributed by atoms with van der Waals surface area (Å²) in [7, 11) is 0. The predicted molar refractivity (Wildman–Crippen MR) is 79.6 cm³/mol. The number of carbonyl (C=O) groups excluding carboxylic acids is 1. The Balaban J connectivity index is 1.72. The van der Waals surface area contributed by atoms with Crippen LogP contribution in [0.4, 0.5) is 8.78 Å². The quantitative estimate of drug-likeness (QED) is 0.888. The molecule has 0 aliphatic heterocycles. The lowest BCUT2D eigenvalue weighted by atomic mass is 9.95. The normalized spacial score (nSPS) is 17.0. The molecule has 1 aromatic heterocycles. The number of hydrogen-bond acceptors (Lipinski definition) is 3. The van der Waals surface area contributed by atoms with Crippen LogP contribution in [0.1, 0.15) is 28.1 Å². The van der Waals surface area contributed by atoms with E-state index < -0.39 is 23.1 Å². The van der Waals surface area contributed by atoms with Crippen LogP contribution in [-0.2, 0) is 5.60 Å². The van der Waals surface area contributed by atoms with Crippen molar-refractivity contribution in [1.82, 2.24) is 5.32 Å². The van der Waals surface area contributed by atoms with E-state index in [1.54, 1.807) is 0 Å². The number of thiophene rings is 1. The van der Waals surface area contributed by atoms with Crippen LogP contribution in [0, 0.1) is 17.6 Å². The fourth-order valence-electron chi connectivity index (χ4n) is 2.47. The third-order valence-corrected chi connectivity index (χ3v) is 4.94. The predicted octanol–water partition coefficient (Wildman–Crippen LogP) is 3.05. The van der Waals surface area contributed by atoms with Crippen LogP contribution in [0.5, 0.6) is 0 Å². The zero-order valence-electron chi connectivity index (χ0n) is 11.7. The molecule has 1 unspecified atom stereocenters. The molecule has 1 fully saturated rings. The smallest absolute Gasteiger partial charge is 0.251 e. The summed E-state index contributed by atoms with van der Waals surface area (Å²) in [5, 5.41) is 15.4. The SMILES string of the molecule is O=C(NCC(O)(c1cccs1)C1CC1)c1ccc(F)c(F)c1. The van der Waals surface area contributed by atoms with Gasteiger partial charge in [0.2, 0.25) is 0 Å². The van der Waals surface area contributed by atoms with Gasteiger partial charge in [0.1, 0.15) is 5.60 Å². The molecule has 0 spiro atoms. The standard InChI is InChI=1S/C16H15F2NO2S/c17-12-6-3-10(8-13(12)18)15(20)19-9-16(21,11-4-5-11)14-2-1-7-22-14/h1-3,6-8,11,21H,4-5,9H2,(H,19,20). The van der Waals surface area contributed by atoms with E-state index in [0.717, 1.165) is 29.9 Å². The molecule has 0 radical (unpaired) electrons. The Labute approximate surface area is 130 Å². The van der Waals surface area contributed by atoms with Crippen LogP contribution in [0.25, 0.3) is 0 Å². The average molecular weight is 323 g/mol. The topological polar surface area (TPSA) is 49.3 Å². The molecule has 1 aliphatic carbocycles. The zero-order chi connectivity index (χ0) is 15.7. The van der Waals surface area contributed by atoms with E-state index in [1.807, 2.05) is 17.5 Å². The molecule has 1 aromatic carbocycles. The maximum absolute atomic E-state index is 13.2. The van der Waals surface area contributed by atoms with Crippen molar-refractivity contribution in [2.24, 2.45) is 5.92 Å². The van der Waals surface area contributed by atoms with Gasteiger partial charge in [0, 0.05) is 10.4 Å². The second kappa shape index (κ2) is 5.78. The van der Waals surface area contributed by atoms with Crippen molar-refractivity contribution in [3.63, 3.8) is 0 Å².